The van der Waals surface area contributed by atoms with E-state index in [0.717, 1.165) is 6.42 Å². The van der Waals surface area contributed by atoms with Crippen molar-refractivity contribution in [3.63, 3.8) is 0 Å². The molecule has 4 unspecified atom stereocenters. The Kier molecular flexibility index (Phi) is 10.4. The molecule has 13 rings (SSSR count). The molecule has 0 N–H and O–H groups in total. The van der Waals surface area contributed by atoms with Gasteiger partial charge in [-0.1, -0.05) is 175 Å². The third-order valence-corrected chi connectivity index (χ3v) is 20.4. The van der Waals surface area contributed by atoms with Gasteiger partial charge in [-0.05, 0) is 173 Å². The van der Waals surface area contributed by atoms with Crippen LogP contribution >= 0.6 is 0 Å². The van der Waals surface area contributed by atoms with Crippen molar-refractivity contribution in [2.45, 2.75) is 180 Å². The first-order valence-corrected chi connectivity index (χ1v) is 28.6. The highest BCUT2D eigenvalue weighted by molar-refractivity contribution is 7.00. The molecule has 0 amide bonds. The molecule has 2 saturated carbocycles. The highest BCUT2D eigenvalue weighted by atomic mass is 15.3. The van der Waals surface area contributed by atoms with Crippen LogP contribution in [0.3, 0.4) is 0 Å². The zero-order valence-corrected chi connectivity index (χ0v) is 47.4. The first kappa shape index (κ1) is 48.4. The molecule has 5 heteroatoms. The lowest BCUT2D eigenvalue weighted by atomic mass is 9.33. The average molecular weight is 987 g/mol. The predicted molar refractivity (Wildman–Crippen MR) is 322 cm³/mol. The number of rotatable bonds is 4. The van der Waals surface area contributed by atoms with Crippen LogP contribution in [0, 0.1) is 0 Å². The minimum atomic E-state index is -0.112. The van der Waals surface area contributed by atoms with E-state index in [1.807, 2.05) is 0 Å². The standard InChI is InChI=1S/C70H79BN4/c1-64(2,3)46-26-31-49(32-27-46)72-59-36-30-48(66(7,8)9)42-55(59)71-56-43-51(74-57-24-16-14-22-53(57)67(10)38-18-20-40-69(67,74)12)35-37-60(56)73(50-33-28-47(29-34-50)65(4,5)6)62-45-52(44-61(72)63(62)71)75-58-25-17-15-23-54(58)68(11)39-19-21-41-70(68,75)13/h14-17,22-37,42-45H,18-21,38-41H2,1-13H3. The summed E-state index contributed by atoms with van der Waals surface area (Å²) in [5.41, 5.74) is 23.8. The molecule has 7 aromatic carbocycles. The number of nitrogens with zero attached hydrogens (tertiary/aromatic N) is 4. The summed E-state index contributed by atoms with van der Waals surface area (Å²) in [4.78, 5) is 10.9. The molecule has 0 saturated heterocycles. The van der Waals surface area contributed by atoms with Crippen molar-refractivity contribution >= 4 is 80.0 Å². The summed E-state index contributed by atoms with van der Waals surface area (Å²) in [5, 5.41) is 0. The molecule has 0 bridgehead atoms. The molecule has 4 heterocycles. The van der Waals surface area contributed by atoms with Crippen LogP contribution in [0.4, 0.5) is 56.9 Å². The minimum Gasteiger partial charge on any atom is -0.334 e. The fourth-order valence-corrected chi connectivity index (χ4v) is 15.7. The number of para-hydroxylation sites is 2. The summed E-state index contributed by atoms with van der Waals surface area (Å²) in [5.74, 6) is 0. The second kappa shape index (κ2) is 16.2. The van der Waals surface area contributed by atoms with Crippen molar-refractivity contribution in [3.05, 3.63) is 173 Å². The number of fused-ring (bicyclic) bond motifs is 10. The van der Waals surface area contributed by atoms with E-state index in [1.54, 1.807) is 0 Å². The molecule has 7 aromatic rings. The Morgan fingerprint density at radius 2 is 0.747 bits per heavy atom. The van der Waals surface area contributed by atoms with Gasteiger partial charge in [0.15, 0.2) is 0 Å². The van der Waals surface area contributed by atoms with Gasteiger partial charge in [0.05, 0.1) is 11.1 Å². The maximum Gasteiger partial charge on any atom is 0.252 e. The first-order chi connectivity index (χ1) is 35.6. The van der Waals surface area contributed by atoms with E-state index in [9.17, 15) is 0 Å². The minimum absolute atomic E-state index is 0.0145. The molecule has 4 nitrogen and oxygen atoms in total. The summed E-state index contributed by atoms with van der Waals surface area (Å²) in [6, 6.07) is 58.3. The zero-order valence-electron chi connectivity index (χ0n) is 47.4. The van der Waals surface area contributed by atoms with Gasteiger partial charge in [-0.3, -0.25) is 0 Å². The van der Waals surface area contributed by atoms with E-state index < -0.39 is 0 Å². The molecule has 2 aliphatic carbocycles. The van der Waals surface area contributed by atoms with Crippen molar-refractivity contribution in [2.24, 2.45) is 0 Å². The van der Waals surface area contributed by atoms with Gasteiger partial charge in [0.2, 0.25) is 0 Å². The van der Waals surface area contributed by atoms with Crippen molar-refractivity contribution in [1.82, 2.24) is 0 Å². The lowest BCUT2D eigenvalue weighted by Gasteiger charge is -2.51. The highest BCUT2D eigenvalue weighted by Gasteiger charge is 2.59. The quantitative estimate of drug-likeness (QED) is 0.163. The molecule has 0 radical (unpaired) electrons. The maximum absolute atomic E-state index is 2.80. The van der Waals surface area contributed by atoms with Crippen LogP contribution in [0.5, 0.6) is 0 Å². The normalized spacial score (nSPS) is 24.5. The fourth-order valence-electron chi connectivity index (χ4n) is 15.7. The van der Waals surface area contributed by atoms with Crippen LogP contribution in [0.1, 0.15) is 169 Å². The lowest BCUT2D eigenvalue weighted by molar-refractivity contribution is 0.195. The van der Waals surface area contributed by atoms with E-state index in [-0.39, 0.29) is 44.9 Å². The van der Waals surface area contributed by atoms with E-state index in [2.05, 4.69) is 255 Å². The van der Waals surface area contributed by atoms with E-state index in [1.165, 1.54) is 146 Å². The van der Waals surface area contributed by atoms with Gasteiger partial charge in [0, 0.05) is 67.7 Å². The SMILES string of the molecule is CC(C)(C)c1ccc(N2c3ccc(N4c5ccccc5C5(C)CCCCC45C)cc3B3c4cc(C(C)(C)C)ccc4N(c4ccc(C(C)(C)C)cc4)c4cc(N5c6ccccc6C6(C)CCCCC56C)cc2c43)cc1. The smallest absolute Gasteiger partial charge is 0.252 e. The van der Waals surface area contributed by atoms with Gasteiger partial charge in [0.25, 0.3) is 6.71 Å². The van der Waals surface area contributed by atoms with Gasteiger partial charge in [-0.25, -0.2) is 0 Å². The molecule has 4 aliphatic heterocycles. The van der Waals surface area contributed by atoms with Crippen molar-refractivity contribution in [1.29, 1.82) is 0 Å². The molecule has 2 fully saturated rings. The second-order valence-corrected chi connectivity index (χ2v) is 27.7. The Balaban J connectivity index is 1.14. The predicted octanol–water partition coefficient (Wildman–Crippen LogP) is 17.1. The van der Waals surface area contributed by atoms with Crippen LogP contribution < -0.4 is 36.0 Å². The largest absolute Gasteiger partial charge is 0.334 e. The van der Waals surface area contributed by atoms with Crippen molar-refractivity contribution in [2.75, 3.05) is 19.6 Å². The Labute approximate surface area is 450 Å². The third kappa shape index (κ3) is 6.80. The first-order valence-electron chi connectivity index (χ1n) is 28.6. The van der Waals surface area contributed by atoms with Crippen molar-refractivity contribution in [3.8, 4) is 0 Å². The maximum atomic E-state index is 2.80. The molecular weight excluding hydrogens is 908 g/mol. The summed E-state index contributed by atoms with van der Waals surface area (Å²) in [6.07, 6.45) is 9.71. The van der Waals surface area contributed by atoms with Gasteiger partial charge < -0.3 is 19.6 Å². The summed E-state index contributed by atoms with van der Waals surface area (Å²) in [7, 11) is 0. The number of anilines is 10. The van der Waals surface area contributed by atoms with E-state index in [4.69, 9.17) is 0 Å². The van der Waals surface area contributed by atoms with Gasteiger partial charge in [0.1, 0.15) is 0 Å². The fraction of sp³-hybridized carbons (Fsp3) is 0.400. The van der Waals surface area contributed by atoms with Crippen LogP contribution in [0.2, 0.25) is 0 Å². The molecule has 4 atom stereocenters. The summed E-state index contributed by atoms with van der Waals surface area (Å²) in [6.45, 7) is 31.4. The molecular formula is C70H79BN4. The third-order valence-electron chi connectivity index (χ3n) is 20.4. The Hall–Kier alpha value is -6.20. The number of hydrogen-bond acceptors (Lipinski definition) is 4. The zero-order chi connectivity index (χ0) is 52.4. The van der Waals surface area contributed by atoms with Crippen LogP contribution in [-0.4, -0.2) is 17.8 Å². The van der Waals surface area contributed by atoms with Crippen LogP contribution in [0.15, 0.2) is 146 Å². The second-order valence-electron chi connectivity index (χ2n) is 27.7. The Bertz CT molecular complexity index is 3420. The summed E-state index contributed by atoms with van der Waals surface area (Å²) >= 11 is 0. The van der Waals surface area contributed by atoms with Crippen LogP contribution in [0.25, 0.3) is 0 Å². The molecule has 0 aromatic heterocycles. The Morgan fingerprint density at radius 3 is 1.21 bits per heavy atom. The van der Waals surface area contributed by atoms with Crippen LogP contribution in [-0.2, 0) is 27.1 Å². The number of benzene rings is 7. The average Bonchev–Trinajstić information content (AvgIpc) is 3.81. The van der Waals surface area contributed by atoms with Crippen molar-refractivity contribution < 1.29 is 0 Å². The molecule has 6 aliphatic rings. The van der Waals surface area contributed by atoms with Gasteiger partial charge in [-0.15, -0.1) is 0 Å². The molecule has 75 heavy (non-hydrogen) atoms. The number of hydrogen-bond donors (Lipinski definition) is 0. The molecule has 0 spiro atoms. The Morgan fingerprint density at radius 1 is 0.360 bits per heavy atom. The van der Waals surface area contributed by atoms with Gasteiger partial charge in [-0.2, -0.15) is 0 Å². The summed E-state index contributed by atoms with van der Waals surface area (Å²) < 4.78 is 0. The lowest BCUT2D eigenvalue weighted by Crippen LogP contribution is -2.62. The topological polar surface area (TPSA) is 13.0 Å². The highest BCUT2D eigenvalue weighted by Crippen LogP contribution is 2.63. The monoisotopic (exact) mass is 987 g/mol. The van der Waals surface area contributed by atoms with Gasteiger partial charge >= 0.3 is 0 Å². The van der Waals surface area contributed by atoms with E-state index in [0.29, 0.717) is 0 Å². The van der Waals surface area contributed by atoms with E-state index >= 15 is 0 Å². The molecule has 382 valence electrons.